The highest BCUT2D eigenvalue weighted by Crippen LogP contribution is 2.18. The van der Waals surface area contributed by atoms with Gasteiger partial charge in [-0.3, -0.25) is 4.79 Å². The van der Waals surface area contributed by atoms with Gasteiger partial charge in [0.1, 0.15) is 11.5 Å². The van der Waals surface area contributed by atoms with Gasteiger partial charge in [-0.2, -0.15) is 0 Å². The van der Waals surface area contributed by atoms with E-state index < -0.39 is 6.10 Å². The topological polar surface area (TPSA) is 65.5 Å². The zero-order valence-electron chi connectivity index (χ0n) is 12.2. The smallest absolute Gasteiger partial charge is 0.273 e. The molecular formula is C14H22ClN3O2. The van der Waals surface area contributed by atoms with Crippen LogP contribution in [-0.2, 0) is 0 Å². The summed E-state index contributed by atoms with van der Waals surface area (Å²) in [6, 6.07) is 3.42. The first-order chi connectivity index (χ1) is 9.45. The number of carbonyl (C=O) groups is 1. The molecule has 6 heteroatoms. The molecule has 0 spiro atoms. The summed E-state index contributed by atoms with van der Waals surface area (Å²) in [5, 5.41) is 12.7. The van der Waals surface area contributed by atoms with Crippen LogP contribution in [0.2, 0.25) is 5.02 Å². The minimum absolute atomic E-state index is 0.237. The van der Waals surface area contributed by atoms with E-state index in [9.17, 15) is 9.90 Å². The lowest BCUT2D eigenvalue weighted by atomic mass is 10.2. The van der Waals surface area contributed by atoms with Crippen molar-refractivity contribution in [2.24, 2.45) is 0 Å². The normalized spacial score (nSPS) is 12.1. The average Bonchev–Trinajstić information content (AvgIpc) is 2.43. The Bertz CT molecular complexity index is 452. The number of amides is 1. The number of nitrogens with zero attached hydrogens (tertiary/aromatic N) is 2. The first-order valence-corrected chi connectivity index (χ1v) is 7.17. The first kappa shape index (κ1) is 16.7. The van der Waals surface area contributed by atoms with E-state index in [1.807, 2.05) is 0 Å². The third kappa shape index (κ3) is 4.98. The molecule has 0 fully saturated rings. The summed E-state index contributed by atoms with van der Waals surface area (Å²) in [7, 11) is 1.68. The quantitative estimate of drug-likeness (QED) is 0.811. The lowest BCUT2D eigenvalue weighted by molar-refractivity contribution is 0.0763. The summed E-state index contributed by atoms with van der Waals surface area (Å²) in [4.78, 5) is 18.1. The molecule has 1 aromatic heterocycles. The number of aliphatic hydroxyl groups is 1. The molecule has 1 aromatic rings. The van der Waals surface area contributed by atoms with Gasteiger partial charge in [0, 0.05) is 20.1 Å². The molecule has 1 atom stereocenters. The largest absolute Gasteiger partial charge is 0.393 e. The third-order valence-corrected chi connectivity index (χ3v) is 3.14. The van der Waals surface area contributed by atoms with Crippen molar-refractivity contribution in [1.29, 1.82) is 0 Å². The number of halogens is 1. The minimum Gasteiger partial charge on any atom is -0.393 e. The highest BCUT2D eigenvalue weighted by Gasteiger charge is 2.17. The van der Waals surface area contributed by atoms with Crippen LogP contribution in [0.15, 0.2) is 12.1 Å². The molecule has 5 nitrogen and oxygen atoms in total. The number of anilines is 1. The highest BCUT2D eigenvalue weighted by atomic mass is 35.5. The Morgan fingerprint density at radius 1 is 1.55 bits per heavy atom. The maximum absolute atomic E-state index is 12.3. The zero-order chi connectivity index (χ0) is 15.1. The lowest BCUT2D eigenvalue weighted by Gasteiger charge is -2.18. The molecule has 0 aliphatic rings. The molecule has 1 rings (SSSR count). The van der Waals surface area contributed by atoms with E-state index in [0.717, 1.165) is 13.0 Å². The fraction of sp³-hybridized carbons (Fsp3) is 0.571. The molecule has 0 saturated heterocycles. The molecule has 0 radical (unpaired) electrons. The van der Waals surface area contributed by atoms with Crippen LogP contribution in [0.4, 0.5) is 5.82 Å². The first-order valence-electron chi connectivity index (χ1n) is 6.79. The molecule has 20 heavy (non-hydrogen) atoms. The second-order valence-electron chi connectivity index (χ2n) is 4.82. The van der Waals surface area contributed by atoms with Gasteiger partial charge in [-0.25, -0.2) is 4.98 Å². The van der Waals surface area contributed by atoms with Gasteiger partial charge in [-0.05, 0) is 31.9 Å². The number of aliphatic hydroxyl groups excluding tert-OH is 1. The summed E-state index contributed by atoms with van der Waals surface area (Å²) in [6.07, 6.45) is 1.06. The van der Waals surface area contributed by atoms with Gasteiger partial charge in [-0.15, -0.1) is 0 Å². The highest BCUT2D eigenvalue weighted by molar-refractivity contribution is 6.33. The Balaban J connectivity index is 2.80. The second kappa shape index (κ2) is 8.07. The molecule has 0 aliphatic heterocycles. The van der Waals surface area contributed by atoms with Crippen molar-refractivity contribution >= 4 is 23.3 Å². The van der Waals surface area contributed by atoms with Crippen LogP contribution in [0.5, 0.6) is 0 Å². The number of nitrogens with one attached hydrogen (secondary N) is 1. The predicted octanol–water partition coefficient (Wildman–Crippen LogP) is 2.40. The number of rotatable bonds is 7. The molecule has 2 N–H and O–H groups in total. The van der Waals surface area contributed by atoms with Gasteiger partial charge in [0.2, 0.25) is 0 Å². The number of hydrogen-bond acceptors (Lipinski definition) is 4. The SMILES string of the molecule is CCCNc1ccc(Cl)c(C(=O)N(C)CCC(C)O)n1. The summed E-state index contributed by atoms with van der Waals surface area (Å²) >= 11 is 6.04. The van der Waals surface area contributed by atoms with Gasteiger partial charge < -0.3 is 15.3 Å². The second-order valence-corrected chi connectivity index (χ2v) is 5.23. The van der Waals surface area contributed by atoms with Crippen molar-refractivity contribution in [2.75, 3.05) is 25.5 Å². The summed E-state index contributed by atoms with van der Waals surface area (Å²) in [5.74, 6) is 0.402. The molecule has 112 valence electrons. The van der Waals surface area contributed by atoms with Crippen LogP contribution in [0.25, 0.3) is 0 Å². The van der Waals surface area contributed by atoms with Crippen LogP contribution in [0, 0.1) is 0 Å². The maximum atomic E-state index is 12.3. The van der Waals surface area contributed by atoms with E-state index in [2.05, 4.69) is 17.2 Å². The summed E-state index contributed by atoms with van der Waals surface area (Å²) < 4.78 is 0. The Morgan fingerprint density at radius 2 is 2.25 bits per heavy atom. The van der Waals surface area contributed by atoms with E-state index in [1.54, 1.807) is 26.1 Å². The van der Waals surface area contributed by atoms with Crippen molar-refractivity contribution in [3.63, 3.8) is 0 Å². The number of aromatic nitrogens is 1. The van der Waals surface area contributed by atoms with Crippen molar-refractivity contribution in [3.8, 4) is 0 Å². The molecule has 1 amide bonds. The van der Waals surface area contributed by atoms with E-state index >= 15 is 0 Å². The molecule has 0 aliphatic carbocycles. The Morgan fingerprint density at radius 3 is 2.85 bits per heavy atom. The van der Waals surface area contributed by atoms with Crippen LogP contribution >= 0.6 is 11.6 Å². The van der Waals surface area contributed by atoms with Crippen molar-refractivity contribution in [2.45, 2.75) is 32.8 Å². The van der Waals surface area contributed by atoms with Crippen LogP contribution in [0.3, 0.4) is 0 Å². The number of hydrogen-bond donors (Lipinski definition) is 2. The molecule has 0 aromatic carbocycles. The molecule has 1 unspecified atom stereocenters. The van der Waals surface area contributed by atoms with Crippen LogP contribution in [0.1, 0.15) is 37.2 Å². The van der Waals surface area contributed by atoms with E-state index in [0.29, 0.717) is 23.8 Å². The average molecular weight is 300 g/mol. The molecular weight excluding hydrogens is 278 g/mol. The fourth-order valence-electron chi connectivity index (χ4n) is 1.61. The molecule has 0 bridgehead atoms. The fourth-order valence-corrected chi connectivity index (χ4v) is 1.79. The van der Waals surface area contributed by atoms with Crippen molar-refractivity contribution in [1.82, 2.24) is 9.88 Å². The monoisotopic (exact) mass is 299 g/mol. The summed E-state index contributed by atoms with van der Waals surface area (Å²) in [6.45, 7) is 5.00. The van der Waals surface area contributed by atoms with Gasteiger partial charge >= 0.3 is 0 Å². The van der Waals surface area contributed by atoms with Crippen LogP contribution in [-0.4, -0.2) is 47.1 Å². The molecule has 1 heterocycles. The van der Waals surface area contributed by atoms with Crippen molar-refractivity contribution < 1.29 is 9.90 Å². The van der Waals surface area contributed by atoms with Gasteiger partial charge in [0.05, 0.1) is 11.1 Å². The van der Waals surface area contributed by atoms with Gasteiger partial charge in [0.25, 0.3) is 5.91 Å². The minimum atomic E-state index is -0.439. The molecule has 0 saturated carbocycles. The summed E-state index contributed by atoms with van der Waals surface area (Å²) in [5.41, 5.74) is 0.237. The zero-order valence-corrected chi connectivity index (χ0v) is 12.9. The number of pyridine rings is 1. The van der Waals surface area contributed by atoms with E-state index in [4.69, 9.17) is 11.6 Å². The lowest BCUT2D eigenvalue weighted by Crippen LogP contribution is -2.30. The van der Waals surface area contributed by atoms with Crippen LogP contribution < -0.4 is 5.32 Å². The maximum Gasteiger partial charge on any atom is 0.273 e. The van der Waals surface area contributed by atoms with E-state index in [1.165, 1.54) is 4.90 Å². The standard InChI is InChI=1S/C14H22ClN3O2/c1-4-8-16-12-6-5-11(15)13(17-12)14(20)18(3)9-7-10(2)19/h5-6,10,19H,4,7-9H2,1-3H3,(H,16,17). The Kier molecular flexibility index (Phi) is 6.75. The number of carbonyl (C=O) groups excluding carboxylic acids is 1. The Labute approximate surface area is 125 Å². The van der Waals surface area contributed by atoms with Gasteiger partial charge in [-0.1, -0.05) is 18.5 Å². The predicted molar refractivity (Wildman–Crippen MR) is 81.3 cm³/mol. The van der Waals surface area contributed by atoms with E-state index in [-0.39, 0.29) is 11.6 Å². The third-order valence-electron chi connectivity index (χ3n) is 2.83. The van der Waals surface area contributed by atoms with Crippen molar-refractivity contribution in [3.05, 3.63) is 22.8 Å². The Hall–Kier alpha value is -1.33. The van der Waals surface area contributed by atoms with Gasteiger partial charge in [0.15, 0.2) is 0 Å².